The zero-order valence-corrected chi connectivity index (χ0v) is 11.2. The highest BCUT2D eigenvalue weighted by atomic mass is 35.5. The quantitative estimate of drug-likeness (QED) is 0.790. The molecule has 0 aromatic carbocycles. The Morgan fingerprint density at radius 1 is 1.28 bits per heavy atom. The normalized spacial score (nSPS) is 17.4. The average Bonchev–Trinajstić information content (AvgIpc) is 2.78. The van der Waals surface area contributed by atoms with E-state index in [2.05, 4.69) is 14.5 Å². The maximum Gasteiger partial charge on any atom is 0.160 e. The van der Waals surface area contributed by atoms with Crippen LogP contribution in [-0.4, -0.2) is 14.5 Å². The van der Waals surface area contributed by atoms with Crippen LogP contribution in [0.15, 0.2) is 18.3 Å². The average molecular weight is 264 g/mol. The van der Waals surface area contributed by atoms with Crippen molar-refractivity contribution in [3.8, 4) is 0 Å². The highest BCUT2D eigenvalue weighted by molar-refractivity contribution is 6.16. The first-order valence-corrected chi connectivity index (χ1v) is 7.28. The summed E-state index contributed by atoms with van der Waals surface area (Å²) in [6, 6.07) is 3.94. The van der Waals surface area contributed by atoms with Crippen molar-refractivity contribution in [2.75, 3.05) is 0 Å². The summed E-state index contributed by atoms with van der Waals surface area (Å²) in [5, 5.41) is 0. The Morgan fingerprint density at radius 3 is 2.89 bits per heavy atom. The number of hydrogen-bond acceptors (Lipinski definition) is 2. The molecule has 0 spiro atoms. The first-order valence-electron chi connectivity index (χ1n) is 6.74. The van der Waals surface area contributed by atoms with Crippen molar-refractivity contribution < 1.29 is 0 Å². The summed E-state index contributed by atoms with van der Waals surface area (Å²) in [6.07, 6.45) is 8.60. The Hall–Kier alpha value is -1.09. The Balaban J connectivity index is 1.93. The third-order valence-electron chi connectivity index (χ3n) is 3.87. The standard InChI is InChI=1S/C14H18ClN3/c15-9-13-17-12-7-4-8-16-14(12)18(13)10-11-5-2-1-3-6-11/h4,7-8,11H,1-3,5-6,9-10H2. The number of fused-ring (bicyclic) bond motifs is 1. The van der Waals surface area contributed by atoms with Crippen LogP contribution in [0.3, 0.4) is 0 Å². The fourth-order valence-corrected chi connectivity index (χ4v) is 3.13. The monoisotopic (exact) mass is 263 g/mol. The van der Waals surface area contributed by atoms with Crippen LogP contribution in [0, 0.1) is 5.92 Å². The van der Waals surface area contributed by atoms with Gasteiger partial charge in [-0.05, 0) is 30.9 Å². The van der Waals surface area contributed by atoms with Gasteiger partial charge in [-0.15, -0.1) is 11.6 Å². The van der Waals surface area contributed by atoms with Crippen molar-refractivity contribution in [2.24, 2.45) is 5.92 Å². The van der Waals surface area contributed by atoms with Gasteiger partial charge in [0.15, 0.2) is 5.65 Å². The van der Waals surface area contributed by atoms with Gasteiger partial charge in [-0.25, -0.2) is 9.97 Å². The molecule has 0 N–H and O–H groups in total. The number of rotatable bonds is 3. The molecule has 1 fully saturated rings. The van der Waals surface area contributed by atoms with Crippen molar-refractivity contribution in [3.05, 3.63) is 24.2 Å². The minimum atomic E-state index is 0.461. The molecular weight excluding hydrogens is 246 g/mol. The summed E-state index contributed by atoms with van der Waals surface area (Å²) in [7, 11) is 0. The Morgan fingerprint density at radius 2 is 2.11 bits per heavy atom. The van der Waals surface area contributed by atoms with Crippen LogP contribution in [-0.2, 0) is 12.4 Å². The van der Waals surface area contributed by atoms with Gasteiger partial charge in [0, 0.05) is 12.7 Å². The number of halogens is 1. The smallest absolute Gasteiger partial charge is 0.160 e. The van der Waals surface area contributed by atoms with Gasteiger partial charge < -0.3 is 4.57 Å². The molecular formula is C14H18ClN3. The lowest BCUT2D eigenvalue weighted by molar-refractivity contribution is 0.319. The SMILES string of the molecule is ClCc1nc2cccnc2n1CC1CCCCC1. The van der Waals surface area contributed by atoms with E-state index in [1.165, 1.54) is 32.1 Å². The Kier molecular flexibility index (Phi) is 3.50. The molecule has 2 aromatic rings. The van der Waals surface area contributed by atoms with Crippen molar-refractivity contribution in [2.45, 2.75) is 44.5 Å². The molecule has 96 valence electrons. The fraction of sp³-hybridized carbons (Fsp3) is 0.571. The number of pyridine rings is 1. The predicted molar refractivity (Wildman–Crippen MR) is 73.7 cm³/mol. The topological polar surface area (TPSA) is 30.7 Å². The zero-order chi connectivity index (χ0) is 12.4. The summed E-state index contributed by atoms with van der Waals surface area (Å²) < 4.78 is 2.22. The van der Waals surface area contributed by atoms with Crippen LogP contribution in [0.4, 0.5) is 0 Å². The maximum absolute atomic E-state index is 6.01. The van der Waals surface area contributed by atoms with E-state index >= 15 is 0 Å². The Labute approximate surface area is 112 Å². The van der Waals surface area contributed by atoms with Gasteiger partial charge >= 0.3 is 0 Å². The van der Waals surface area contributed by atoms with Crippen molar-refractivity contribution in [1.29, 1.82) is 0 Å². The van der Waals surface area contributed by atoms with Crippen LogP contribution in [0.2, 0.25) is 0 Å². The Bertz CT molecular complexity index is 529. The molecule has 1 saturated carbocycles. The number of nitrogens with zero attached hydrogens (tertiary/aromatic N) is 3. The molecule has 0 saturated heterocycles. The third kappa shape index (κ3) is 2.24. The second-order valence-electron chi connectivity index (χ2n) is 5.12. The summed E-state index contributed by atoms with van der Waals surface area (Å²) >= 11 is 6.01. The van der Waals surface area contributed by atoms with Gasteiger partial charge in [0.05, 0.1) is 5.88 Å². The number of aromatic nitrogens is 3. The third-order valence-corrected chi connectivity index (χ3v) is 4.11. The molecule has 2 aromatic heterocycles. The summed E-state index contributed by atoms with van der Waals surface area (Å²) in [6.45, 7) is 1.02. The molecule has 0 bridgehead atoms. The van der Waals surface area contributed by atoms with Crippen LogP contribution in [0.1, 0.15) is 37.9 Å². The molecule has 0 atom stereocenters. The molecule has 0 radical (unpaired) electrons. The largest absolute Gasteiger partial charge is 0.311 e. The number of imidazole rings is 1. The number of hydrogen-bond donors (Lipinski definition) is 0. The van der Waals surface area contributed by atoms with E-state index in [-0.39, 0.29) is 0 Å². The fourth-order valence-electron chi connectivity index (χ4n) is 2.93. The lowest BCUT2D eigenvalue weighted by atomic mass is 9.89. The molecule has 3 nitrogen and oxygen atoms in total. The molecule has 2 heterocycles. The van der Waals surface area contributed by atoms with Crippen LogP contribution in [0.5, 0.6) is 0 Å². The van der Waals surface area contributed by atoms with E-state index in [4.69, 9.17) is 11.6 Å². The summed E-state index contributed by atoms with van der Waals surface area (Å²) in [5.41, 5.74) is 1.95. The molecule has 0 aliphatic heterocycles. The molecule has 1 aliphatic rings. The molecule has 0 unspecified atom stereocenters. The van der Waals surface area contributed by atoms with E-state index in [0.29, 0.717) is 5.88 Å². The van der Waals surface area contributed by atoms with Crippen molar-refractivity contribution in [1.82, 2.24) is 14.5 Å². The van der Waals surface area contributed by atoms with Crippen LogP contribution < -0.4 is 0 Å². The van der Waals surface area contributed by atoms with E-state index in [1.807, 2.05) is 18.3 Å². The van der Waals surface area contributed by atoms with Gasteiger partial charge in [-0.3, -0.25) is 0 Å². The van der Waals surface area contributed by atoms with E-state index in [0.717, 1.165) is 29.5 Å². The highest BCUT2D eigenvalue weighted by Crippen LogP contribution is 2.27. The lowest BCUT2D eigenvalue weighted by Crippen LogP contribution is -2.16. The maximum atomic E-state index is 6.01. The molecule has 18 heavy (non-hydrogen) atoms. The van der Waals surface area contributed by atoms with Crippen molar-refractivity contribution in [3.63, 3.8) is 0 Å². The van der Waals surface area contributed by atoms with Crippen LogP contribution >= 0.6 is 11.6 Å². The van der Waals surface area contributed by atoms with E-state index < -0.39 is 0 Å². The number of alkyl halides is 1. The second kappa shape index (κ2) is 5.27. The first-order chi connectivity index (χ1) is 8.88. The second-order valence-corrected chi connectivity index (χ2v) is 5.39. The van der Waals surface area contributed by atoms with E-state index in [9.17, 15) is 0 Å². The summed E-state index contributed by atoms with van der Waals surface area (Å²) in [5.74, 6) is 2.18. The van der Waals surface area contributed by atoms with E-state index in [1.54, 1.807) is 0 Å². The van der Waals surface area contributed by atoms with Gasteiger partial charge in [0.1, 0.15) is 11.3 Å². The zero-order valence-electron chi connectivity index (χ0n) is 10.5. The molecule has 1 aliphatic carbocycles. The van der Waals surface area contributed by atoms with Gasteiger partial charge in [0.25, 0.3) is 0 Å². The molecule has 4 heteroatoms. The lowest BCUT2D eigenvalue weighted by Gasteiger charge is -2.22. The summed E-state index contributed by atoms with van der Waals surface area (Å²) in [4.78, 5) is 9.02. The minimum Gasteiger partial charge on any atom is -0.311 e. The first kappa shape index (κ1) is 12.0. The van der Waals surface area contributed by atoms with Gasteiger partial charge in [0.2, 0.25) is 0 Å². The predicted octanol–water partition coefficient (Wildman–Crippen LogP) is 3.75. The highest BCUT2D eigenvalue weighted by Gasteiger charge is 2.18. The van der Waals surface area contributed by atoms with Crippen LogP contribution in [0.25, 0.3) is 11.2 Å². The molecule has 0 amide bonds. The molecule has 3 rings (SSSR count). The van der Waals surface area contributed by atoms with Gasteiger partial charge in [-0.1, -0.05) is 19.3 Å². The van der Waals surface area contributed by atoms with Gasteiger partial charge in [-0.2, -0.15) is 0 Å². The minimum absolute atomic E-state index is 0.461. The van der Waals surface area contributed by atoms with Crippen molar-refractivity contribution >= 4 is 22.8 Å².